The quantitative estimate of drug-likeness (QED) is 0.454. The molecule has 2 aliphatic heterocycles. The molecule has 2 saturated heterocycles. The number of ether oxygens (including phenoxy) is 1. The first-order valence-corrected chi connectivity index (χ1v) is 11.0. The van der Waals surface area contributed by atoms with Gasteiger partial charge < -0.3 is 9.64 Å². The third-order valence-electron chi connectivity index (χ3n) is 5.43. The number of halogens is 5. The summed E-state index contributed by atoms with van der Waals surface area (Å²) in [5.74, 6) is 0.341. The number of benzene rings is 1. The molecule has 31 heavy (non-hydrogen) atoms. The van der Waals surface area contributed by atoms with Crippen LogP contribution in [0.4, 0.5) is 23.8 Å². The third kappa shape index (κ3) is 4.41. The molecule has 0 spiro atoms. The number of nitrogens with zero attached hydrogens (tertiary/aromatic N) is 4. The summed E-state index contributed by atoms with van der Waals surface area (Å²) in [4.78, 5) is 24.7. The lowest BCUT2D eigenvalue weighted by Crippen LogP contribution is -2.57. The number of carbonyl (C=O) groups is 1. The van der Waals surface area contributed by atoms with Crippen molar-refractivity contribution in [2.24, 2.45) is 0 Å². The summed E-state index contributed by atoms with van der Waals surface area (Å²) in [5.41, 5.74) is -1.09. The van der Waals surface area contributed by atoms with Crippen LogP contribution in [0.3, 0.4) is 0 Å². The number of rotatable bonds is 1. The van der Waals surface area contributed by atoms with Crippen molar-refractivity contribution in [2.75, 3.05) is 18.0 Å². The van der Waals surface area contributed by atoms with Gasteiger partial charge in [-0.2, -0.15) is 18.2 Å². The third-order valence-corrected chi connectivity index (χ3v) is 6.25. The van der Waals surface area contributed by atoms with Crippen molar-refractivity contribution in [1.29, 1.82) is 0 Å². The molecular weight excluding hydrogens is 501 g/mol. The first-order valence-electron chi connectivity index (χ1n) is 9.84. The number of piperazine rings is 1. The Kier molecular flexibility index (Phi) is 5.53. The van der Waals surface area contributed by atoms with Gasteiger partial charge in [-0.3, -0.25) is 4.90 Å². The number of hydrogen-bond donors (Lipinski definition) is 0. The minimum atomic E-state index is -4.53. The van der Waals surface area contributed by atoms with E-state index in [1.165, 1.54) is 6.07 Å². The van der Waals surface area contributed by atoms with Gasteiger partial charge in [0.2, 0.25) is 5.28 Å². The molecule has 3 heterocycles. The molecule has 2 fully saturated rings. The average molecular weight is 522 g/mol. The monoisotopic (exact) mass is 520 g/mol. The Bertz CT molecular complexity index is 1030. The molecule has 2 aliphatic rings. The zero-order valence-electron chi connectivity index (χ0n) is 17.1. The van der Waals surface area contributed by atoms with Crippen molar-refractivity contribution < 1.29 is 22.7 Å². The van der Waals surface area contributed by atoms with Crippen LogP contribution in [0.1, 0.15) is 39.2 Å². The van der Waals surface area contributed by atoms with Gasteiger partial charge in [0.05, 0.1) is 23.2 Å². The number of carbonyl (C=O) groups excluding carboxylic acids is 1. The van der Waals surface area contributed by atoms with Crippen molar-refractivity contribution in [3.63, 3.8) is 0 Å². The van der Waals surface area contributed by atoms with Crippen molar-refractivity contribution in [3.8, 4) is 0 Å². The summed E-state index contributed by atoms with van der Waals surface area (Å²) in [6.07, 6.45) is -3.32. The molecule has 2 bridgehead atoms. The highest BCUT2D eigenvalue weighted by molar-refractivity contribution is 9.10. The number of aromatic nitrogens is 2. The minimum absolute atomic E-state index is 0.0453. The van der Waals surface area contributed by atoms with E-state index in [4.69, 9.17) is 16.3 Å². The van der Waals surface area contributed by atoms with Crippen LogP contribution in [-0.4, -0.2) is 51.7 Å². The van der Waals surface area contributed by atoms with Gasteiger partial charge in [0.25, 0.3) is 0 Å². The lowest BCUT2D eigenvalue weighted by molar-refractivity contribution is -0.138. The Morgan fingerprint density at radius 1 is 1.16 bits per heavy atom. The molecule has 0 saturated carbocycles. The molecule has 0 unspecified atom stereocenters. The van der Waals surface area contributed by atoms with Gasteiger partial charge in [-0.1, -0.05) is 15.9 Å². The number of amides is 1. The molecular formula is C20H21BrClF3N4O2. The zero-order valence-corrected chi connectivity index (χ0v) is 19.5. The molecule has 4 rings (SSSR count). The zero-order chi connectivity index (χ0) is 22.7. The summed E-state index contributed by atoms with van der Waals surface area (Å²) < 4.78 is 45.9. The SMILES string of the molecule is CC(C)(C)OC(=O)N1[C@@H]2CC[C@H]1CN(c1nc(Cl)nc3cc(Br)c(C(F)(F)F)cc13)C2. The van der Waals surface area contributed by atoms with Crippen LogP contribution >= 0.6 is 27.5 Å². The highest BCUT2D eigenvalue weighted by Crippen LogP contribution is 2.40. The smallest absolute Gasteiger partial charge is 0.417 e. The number of anilines is 1. The molecule has 2 aromatic rings. The molecule has 168 valence electrons. The Morgan fingerprint density at radius 2 is 1.77 bits per heavy atom. The summed E-state index contributed by atoms with van der Waals surface area (Å²) in [5, 5.41) is 0.223. The summed E-state index contributed by atoms with van der Waals surface area (Å²) >= 11 is 9.07. The maximum Gasteiger partial charge on any atom is 0.417 e. The van der Waals surface area contributed by atoms with Crippen LogP contribution in [-0.2, 0) is 10.9 Å². The van der Waals surface area contributed by atoms with E-state index in [1.807, 2.05) is 25.7 Å². The van der Waals surface area contributed by atoms with Crippen LogP contribution in [0.15, 0.2) is 16.6 Å². The van der Waals surface area contributed by atoms with Crippen LogP contribution in [0.25, 0.3) is 10.9 Å². The van der Waals surface area contributed by atoms with Gasteiger partial charge >= 0.3 is 12.3 Å². The summed E-state index contributed by atoms with van der Waals surface area (Å²) in [6, 6.07) is 2.12. The lowest BCUT2D eigenvalue weighted by atomic mass is 10.1. The second-order valence-electron chi connectivity index (χ2n) is 8.84. The van der Waals surface area contributed by atoms with Crippen LogP contribution in [0.5, 0.6) is 0 Å². The van der Waals surface area contributed by atoms with Gasteiger partial charge in [-0.25, -0.2) is 9.78 Å². The largest absolute Gasteiger partial charge is 0.444 e. The van der Waals surface area contributed by atoms with Crippen LogP contribution in [0.2, 0.25) is 5.28 Å². The number of hydrogen-bond acceptors (Lipinski definition) is 5. The normalized spacial score (nSPS) is 21.7. The molecule has 0 N–H and O–H groups in total. The lowest BCUT2D eigenvalue weighted by Gasteiger charge is -2.42. The van der Waals surface area contributed by atoms with Gasteiger partial charge in [0, 0.05) is 22.9 Å². The van der Waals surface area contributed by atoms with E-state index in [1.54, 1.807) is 4.90 Å². The van der Waals surface area contributed by atoms with Gasteiger partial charge in [0.1, 0.15) is 11.4 Å². The van der Waals surface area contributed by atoms with Crippen molar-refractivity contribution >= 4 is 50.3 Å². The van der Waals surface area contributed by atoms with E-state index in [0.29, 0.717) is 24.4 Å². The minimum Gasteiger partial charge on any atom is -0.444 e. The van der Waals surface area contributed by atoms with Crippen LogP contribution < -0.4 is 4.90 Å². The van der Waals surface area contributed by atoms with E-state index in [0.717, 1.165) is 18.9 Å². The molecule has 0 aliphatic carbocycles. The number of alkyl halides is 3. The molecule has 6 nitrogen and oxygen atoms in total. The van der Waals surface area contributed by atoms with Crippen LogP contribution in [0, 0.1) is 0 Å². The molecule has 1 amide bonds. The highest BCUT2D eigenvalue weighted by Gasteiger charge is 2.45. The fourth-order valence-electron chi connectivity index (χ4n) is 4.25. The average Bonchev–Trinajstić information content (AvgIpc) is 2.88. The van der Waals surface area contributed by atoms with E-state index < -0.39 is 17.3 Å². The Morgan fingerprint density at radius 3 is 2.32 bits per heavy atom. The second-order valence-corrected chi connectivity index (χ2v) is 10.0. The fraction of sp³-hybridized carbons (Fsp3) is 0.550. The first kappa shape index (κ1) is 22.4. The molecule has 1 aromatic heterocycles. The fourth-order valence-corrected chi connectivity index (χ4v) is 4.98. The standard InChI is InChI=1S/C20H21BrClF3N4O2/c1-19(2,3)31-18(30)29-10-4-5-11(29)9-28(8-10)16-12-6-13(20(23,24)25)14(21)7-15(12)26-17(22)27-16/h6-7,10-11H,4-5,8-9H2,1-3H3/t10-,11+. The van der Waals surface area contributed by atoms with Gasteiger partial charge in [-0.05, 0) is 57.3 Å². The van der Waals surface area contributed by atoms with Gasteiger partial charge in [-0.15, -0.1) is 0 Å². The Hall–Kier alpha value is -1.81. The van der Waals surface area contributed by atoms with Crippen molar-refractivity contribution in [2.45, 2.75) is 57.5 Å². The highest BCUT2D eigenvalue weighted by atomic mass is 79.9. The maximum absolute atomic E-state index is 13.5. The van der Waals surface area contributed by atoms with E-state index in [-0.39, 0.29) is 33.3 Å². The van der Waals surface area contributed by atoms with E-state index in [2.05, 4.69) is 25.9 Å². The predicted molar refractivity (Wildman–Crippen MR) is 114 cm³/mol. The number of fused-ring (bicyclic) bond motifs is 3. The Balaban J connectivity index is 1.70. The second kappa shape index (κ2) is 7.65. The molecule has 1 aromatic carbocycles. The van der Waals surface area contributed by atoms with Crippen molar-refractivity contribution in [1.82, 2.24) is 14.9 Å². The summed E-state index contributed by atoms with van der Waals surface area (Å²) in [7, 11) is 0. The molecule has 0 radical (unpaired) electrons. The van der Waals surface area contributed by atoms with E-state index in [9.17, 15) is 18.0 Å². The topological polar surface area (TPSA) is 58.6 Å². The van der Waals surface area contributed by atoms with Crippen molar-refractivity contribution in [3.05, 3.63) is 27.5 Å². The van der Waals surface area contributed by atoms with Gasteiger partial charge in [0.15, 0.2) is 0 Å². The Labute approximate surface area is 190 Å². The molecule has 2 atom stereocenters. The summed E-state index contributed by atoms with van der Waals surface area (Å²) in [6.45, 7) is 6.29. The predicted octanol–water partition coefficient (Wildman–Crippen LogP) is 5.65. The molecule has 11 heteroatoms. The first-order chi connectivity index (χ1) is 14.3. The maximum atomic E-state index is 13.5. The van der Waals surface area contributed by atoms with E-state index >= 15 is 0 Å².